The summed E-state index contributed by atoms with van der Waals surface area (Å²) in [5, 5.41) is 13.7. The van der Waals surface area contributed by atoms with Gasteiger partial charge >= 0.3 is 29.6 Å². The number of hydrogen-bond acceptors (Lipinski definition) is 3. The van der Waals surface area contributed by atoms with Crippen LogP contribution in [0.3, 0.4) is 0 Å². The van der Waals surface area contributed by atoms with Gasteiger partial charge in [-0.3, -0.25) is 5.32 Å². The minimum atomic E-state index is 0. The molecule has 0 heterocycles. The molecule has 0 saturated heterocycles. The van der Waals surface area contributed by atoms with E-state index in [-0.39, 0.29) is 36.1 Å². The average Bonchev–Trinajstić information content (AvgIpc) is 2.19. The van der Waals surface area contributed by atoms with Crippen molar-refractivity contribution in [1.29, 1.82) is 5.26 Å². The molecule has 1 rings (SSSR count). The Hall–Kier alpha value is -0.800. The van der Waals surface area contributed by atoms with Crippen LogP contribution in [0.2, 0.25) is 0 Å². The molecule has 4 nitrogen and oxygen atoms in total. The Morgan fingerprint density at radius 1 is 1.47 bits per heavy atom. The van der Waals surface area contributed by atoms with Gasteiger partial charge in [0.15, 0.2) is 11.3 Å². The van der Waals surface area contributed by atoms with Gasteiger partial charge in [-0.1, -0.05) is 0 Å². The van der Waals surface area contributed by atoms with E-state index in [1.807, 2.05) is 12.1 Å². The number of nitrogens with zero attached hydrogens (tertiary/aromatic N) is 1. The number of ether oxygens (including phenoxy) is 1. The summed E-state index contributed by atoms with van der Waals surface area (Å²) in [5.41, 5.74) is 0.804. The minimum absolute atomic E-state index is 0. The van der Waals surface area contributed by atoms with Gasteiger partial charge < -0.3 is 11.5 Å². The van der Waals surface area contributed by atoms with Crippen molar-refractivity contribution in [2.24, 2.45) is 0 Å². The molecule has 15 heavy (non-hydrogen) atoms. The standard InChI is InChI=1S/C9H9N3OS.Na.H/c1-13-8-4-2-7(3-5-8)12-9(14)11-6-10;;/h2-5H,1H3,(H2,11,12,14);;/q;+1;-1. The fraction of sp³-hybridized carbons (Fsp3) is 0.111. The van der Waals surface area contributed by atoms with Crippen LogP contribution in [-0.4, -0.2) is 12.2 Å². The average molecular weight is 231 g/mol. The van der Waals surface area contributed by atoms with E-state index in [2.05, 4.69) is 10.6 Å². The number of methoxy groups -OCH3 is 1. The van der Waals surface area contributed by atoms with Crippen molar-refractivity contribution in [1.82, 2.24) is 5.32 Å². The predicted molar refractivity (Wildman–Crippen MR) is 59.1 cm³/mol. The van der Waals surface area contributed by atoms with Crippen molar-refractivity contribution in [3.63, 3.8) is 0 Å². The first-order valence-corrected chi connectivity index (χ1v) is 4.27. The second-order valence-electron chi connectivity index (χ2n) is 2.42. The van der Waals surface area contributed by atoms with Gasteiger partial charge in [0.2, 0.25) is 0 Å². The molecular weight excluding hydrogens is 221 g/mol. The monoisotopic (exact) mass is 231 g/mol. The maximum absolute atomic E-state index is 8.29. The number of anilines is 1. The van der Waals surface area contributed by atoms with E-state index in [0.717, 1.165) is 11.4 Å². The zero-order chi connectivity index (χ0) is 10.4. The number of benzene rings is 1. The van der Waals surface area contributed by atoms with Crippen LogP contribution in [0.25, 0.3) is 0 Å². The normalized spacial score (nSPS) is 8.00. The van der Waals surface area contributed by atoms with E-state index >= 15 is 0 Å². The van der Waals surface area contributed by atoms with E-state index in [9.17, 15) is 0 Å². The molecule has 0 aliphatic rings. The van der Waals surface area contributed by atoms with E-state index in [4.69, 9.17) is 22.2 Å². The van der Waals surface area contributed by atoms with E-state index in [1.165, 1.54) is 0 Å². The molecule has 0 aliphatic heterocycles. The van der Waals surface area contributed by atoms with Gasteiger partial charge in [0.05, 0.1) is 7.11 Å². The summed E-state index contributed by atoms with van der Waals surface area (Å²) in [6.45, 7) is 0. The summed E-state index contributed by atoms with van der Waals surface area (Å²) in [5.74, 6) is 0.773. The van der Waals surface area contributed by atoms with Crippen molar-refractivity contribution in [2.75, 3.05) is 12.4 Å². The maximum atomic E-state index is 8.29. The number of nitrogens with one attached hydrogen (secondary N) is 2. The van der Waals surface area contributed by atoms with Crippen molar-refractivity contribution < 1.29 is 35.7 Å². The molecule has 6 heteroatoms. The summed E-state index contributed by atoms with van der Waals surface area (Å²) in [6.07, 6.45) is 1.73. The third-order valence-electron chi connectivity index (χ3n) is 1.52. The molecule has 0 amide bonds. The molecule has 0 radical (unpaired) electrons. The molecule has 0 atom stereocenters. The van der Waals surface area contributed by atoms with Crippen LogP contribution in [0, 0.1) is 11.5 Å². The Labute approximate surface area is 117 Å². The van der Waals surface area contributed by atoms with Gasteiger partial charge in [-0.05, 0) is 36.5 Å². The maximum Gasteiger partial charge on any atom is 1.00 e. The quantitative estimate of drug-likeness (QED) is 0.283. The summed E-state index contributed by atoms with van der Waals surface area (Å²) in [6, 6.07) is 7.23. The van der Waals surface area contributed by atoms with Crippen molar-refractivity contribution >= 4 is 23.0 Å². The Balaban J connectivity index is 0. The number of thiocarbonyl (C=S) groups is 1. The largest absolute Gasteiger partial charge is 1.00 e. The SMILES string of the molecule is COc1ccc(NC(=S)NC#N)cc1.[H-].[Na+]. The molecule has 1 aromatic carbocycles. The first kappa shape index (κ1) is 14.2. The van der Waals surface area contributed by atoms with Crippen molar-refractivity contribution in [2.45, 2.75) is 0 Å². The number of hydrogen-bond donors (Lipinski definition) is 2. The number of nitriles is 1. The van der Waals surface area contributed by atoms with Crippen LogP contribution in [0.5, 0.6) is 5.75 Å². The summed E-state index contributed by atoms with van der Waals surface area (Å²) < 4.78 is 4.99. The molecule has 0 fully saturated rings. The van der Waals surface area contributed by atoms with Crippen LogP contribution in [0.4, 0.5) is 5.69 Å². The van der Waals surface area contributed by atoms with E-state index in [0.29, 0.717) is 0 Å². The van der Waals surface area contributed by atoms with Crippen molar-refractivity contribution in [3.8, 4) is 11.9 Å². The fourth-order valence-corrected chi connectivity index (χ4v) is 1.05. The second kappa shape index (κ2) is 7.49. The molecule has 2 N–H and O–H groups in total. The Morgan fingerprint density at radius 2 is 2.07 bits per heavy atom. The van der Waals surface area contributed by atoms with Gasteiger partial charge in [0.25, 0.3) is 0 Å². The molecule has 0 bridgehead atoms. The van der Waals surface area contributed by atoms with Crippen LogP contribution in [0.1, 0.15) is 1.43 Å². The fourth-order valence-electron chi connectivity index (χ4n) is 0.887. The predicted octanol–water partition coefficient (Wildman–Crippen LogP) is -1.42. The molecule has 0 unspecified atom stereocenters. The topological polar surface area (TPSA) is 57.1 Å². The van der Waals surface area contributed by atoms with Crippen molar-refractivity contribution in [3.05, 3.63) is 24.3 Å². The van der Waals surface area contributed by atoms with Crippen LogP contribution >= 0.6 is 12.2 Å². The molecule has 0 saturated carbocycles. The summed E-state index contributed by atoms with van der Waals surface area (Å²) in [7, 11) is 1.60. The summed E-state index contributed by atoms with van der Waals surface area (Å²) in [4.78, 5) is 0. The third kappa shape index (κ3) is 5.00. The Bertz CT molecular complexity index is 366. The third-order valence-corrected chi connectivity index (χ3v) is 1.72. The zero-order valence-corrected chi connectivity index (χ0v) is 11.4. The zero-order valence-electron chi connectivity index (χ0n) is 9.57. The second-order valence-corrected chi connectivity index (χ2v) is 2.83. The van der Waals surface area contributed by atoms with Crippen LogP contribution in [-0.2, 0) is 0 Å². The van der Waals surface area contributed by atoms with Gasteiger partial charge in [0, 0.05) is 5.69 Å². The Kier molecular flexibility index (Phi) is 7.09. The smallest absolute Gasteiger partial charge is 1.00 e. The van der Waals surface area contributed by atoms with Crippen LogP contribution < -0.4 is 44.9 Å². The molecule has 74 valence electrons. The first-order chi connectivity index (χ1) is 6.76. The number of rotatable bonds is 2. The van der Waals surface area contributed by atoms with Gasteiger partial charge in [0.1, 0.15) is 5.75 Å². The van der Waals surface area contributed by atoms with Crippen LogP contribution in [0.15, 0.2) is 24.3 Å². The molecular formula is C9H10N3NaOS. The Morgan fingerprint density at radius 3 is 2.53 bits per heavy atom. The first-order valence-electron chi connectivity index (χ1n) is 3.86. The molecule has 0 aromatic heterocycles. The summed E-state index contributed by atoms with van der Waals surface area (Å²) >= 11 is 4.82. The molecule has 1 aromatic rings. The minimum Gasteiger partial charge on any atom is -1.00 e. The van der Waals surface area contributed by atoms with Gasteiger partial charge in [-0.15, -0.1) is 0 Å². The molecule has 0 aliphatic carbocycles. The van der Waals surface area contributed by atoms with Gasteiger partial charge in [-0.2, -0.15) is 5.26 Å². The van der Waals surface area contributed by atoms with E-state index < -0.39 is 0 Å². The molecule has 0 spiro atoms. The van der Waals surface area contributed by atoms with Gasteiger partial charge in [-0.25, -0.2) is 0 Å². The van der Waals surface area contributed by atoms with E-state index in [1.54, 1.807) is 25.4 Å².